The van der Waals surface area contributed by atoms with Gasteiger partial charge in [-0.15, -0.1) is 0 Å². The van der Waals surface area contributed by atoms with Crippen LogP contribution in [0.5, 0.6) is 0 Å². The Morgan fingerprint density at radius 2 is 1.81 bits per heavy atom. The summed E-state index contributed by atoms with van der Waals surface area (Å²) in [4.78, 5) is 15.7. The molecule has 1 heterocycles. The smallest absolute Gasteiger partial charge is 0.233 e. The van der Waals surface area contributed by atoms with E-state index in [0.29, 0.717) is 5.69 Å². The first-order valence-corrected chi connectivity index (χ1v) is 10.7. The number of benzene rings is 2. The molecule has 1 aliphatic rings. The van der Waals surface area contributed by atoms with Gasteiger partial charge < -0.3 is 10.2 Å². The maximum Gasteiger partial charge on any atom is 0.233 e. The number of carbonyl (C=O) groups excluding carboxylic acids is 1. The normalized spacial score (nSPS) is 20.6. The van der Waals surface area contributed by atoms with E-state index in [-0.39, 0.29) is 17.9 Å². The Balaban J connectivity index is 1.76. The lowest BCUT2D eigenvalue weighted by atomic mass is 10.0. The third kappa shape index (κ3) is 3.76. The van der Waals surface area contributed by atoms with Gasteiger partial charge in [0, 0.05) is 43.8 Å². The van der Waals surface area contributed by atoms with Crippen molar-refractivity contribution < 1.29 is 9.00 Å². The van der Waals surface area contributed by atoms with E-state index in [4.69, 9.17) is 0 Å². The molecular formula is C20H21BrN2O2S. The van der Waals surface area contributed by atoms with Crippen molar-refractivity contribution in [2.75, 3.05) is 16.5 Å². The van der Waals surface area contributed by atoms with Gasteiger partial charge in [0.05, 0.1) is 11.6 Å². The third-order valence-electron chi connectivity index (χ3n) is 4.60. The van der Waals surface area contributed by atoms with E-state index >= 15 is 0 Å². The van der Waals surface area contributed by atoms with Gasteiger partial charge in [0.25, 0.3) is 0 Å². The minimum Gasteiger partial charge on any atom is -0.341 e. The van der Waals surface area contributed by atoms with Crippen molar-refractivity contribution in [1.82, 2.24) is 0 Å². The fourth-order valence-electron chi connectivity index (χ4n) is 3.27. The first kappa shape index (κ1) is 18.9. The van der Waals surface area contributed by atoms with Crippen molar-refractivity contribution in [3.63, 3.8) is 0 Å². The van der Waals surface area contributed by atoms with Gasteiger partial charge in [0.15, 0.2) is 0 Å². The van der Waals surface area contributed by atoms with Crippen molar-refractivity contribution in [2.45, 2.75) is 24.8 Å². The molecule has 1 N–H and O–H groups in total. The molecule has 0 bridgehead atoms. The van der Waals surface area contributed by atoms with Crippen LogP contribution in [0.1, 0.15) is 13.8 Å². The summed E-state index contributed by atoms with van der Waals surface area (Å²) in [5, 5.41) is 2.97. The third-order valence-corrected chi connectivity index (χ3v) is 6.20. The van der Waals surface area contributed by atoms with Crippen LogP contribution in [-0.2, 0) is 15.6 Å². The summed E-state index contributed by atoms with van der Waals surface area (Å²) in [5.74, 6) is -0.293. The summed E-state index contributed by atoms with van der Waals surface area (Å²) in [5.41, 5.74) is 2.82. The highest BCUT2D eigenvalue weighted by atomic mass is 79.9. The molecular weight excluding hydrogens is 412 g/mol. The van der Waals surface area contributed by atoms with Crippen LogP contribution >= 0.6 is 15.9 Å². The van der Waals surface area contributed by atoms with Gasteiger partial charge in [-0.1, -0.05) is 18.2 Å². The molecule has 1 aliphatic heterocycles. The Hall–Kier alpha value is -1.92. The Labute approximate surface area is 164 Å². The van der Waals surface area contributed by atoms with Gasteiger partial charge >= 0.3 is 0 Å². The van der Waals surface area contributed by atoms with Crippen LogP contribution in [0.25, 0.3) is 0 Å². The predicted molar refractivity (Wildman–Crippen MR) is 111 cm³/mol. The van der Waals surface area contributed by atoms with E-state index in [0.717, 1.165) is 20.8 Å². The number of anilines is 2. The number of halogens is 1. The zero-order valence-corrected chi connectivity index (χ0v) is 17.3. The molecule has 0 radical (unpaired) electrons. The zero-order valence-electron chi connectivity index (χ0n) is 14.9. The number of allylic oxidation sites excluding steroid dienone is 1. The van der Waals surface area contributed by atoms with Crippen LogP contribution in [-0.4, -0.2) is 22.4 Å². The lowest BCUT2D eigenvalue weighted by Gasteiger charge is -2.29. The van der Waals surface area contributed by atoms with Crippen LogP contribution in [0.15, 0.2) is 69.7 Å². The van der Waals surface area contributed by atoms with Crippen molar-refractivity contribution in [1.29, 1.82) is 0 Å². The molecule has 136 valence electrons. The van der Waals surface area contributed by atoms with Gasteiger partial charge in [-0.25, -0.2) is 0 Å². The number of hydrogen-bond acceptors (Lipinski definition) is 3. The second-order valence-electron chi connectivity index (χ2n) is 6.36. The van der Waals surface area contributed by atoms with Gasteiger partial charge in [0.1, 0.15) is 0 Å². The van der Waals surface area contributed by atoms with Gasteiger partial charge in [-0.05, 0) is 66.2 Å². The minimum absolute atomic E-state index is 0.0103. The van der Waals surface area contributed by atoms with Crippen LogP contribution in [0.3, 0.4) is 0 Å². The van der Waals surface area contributed by atoms with Crippen molar-refractivity contribution in [3.8, 4) is 0 Å². The SMILES string of the molecule is CC1=CC(C(=O)Nc2ccc(S(C)=O)cc2)C(C)N1c1ccccc1Br. The quantitative estimate of drug-likeness (QED) is 0.770. The average Bonchev–Trinajstić information content (AvgIpc) is 2.90. The Kier molecular flexibility index (Phi) is 5.63. The maximum atomic E-state index is 12.8. The molecule has 2 aromatic carbocycles. The van der Waals surface area contributed by atoms with Gasteiger partial charge in [-0.3, -0.25) is 9.00 Å². The monoisotopic (exact) mass is 432 g/mol. The summed E-state index contributed by atoms with van der Waals surface area (Å²) in [6, 6.07) is 15.2. The number of rotatable bonds is 4. The first-order valence-electron chi connectivity index (χ1n) is 8.35. The van der Waals surface area contributed by atoms with Gasteiger partial charge in [-0.2, -0.15) is 0 Å². The van der Waals surface area contributed by atoms with E-state index in [2.05, 4.69) is 33.1 Å². The van der Waals surface area contributed by atoms with E-state index in [9.17, 15) is 9.00 Å². The summed E-state index contributed by atoms with van der Waals surface area (Å²) in [7, 11) is -1.02. The molecule has 2 aromatic rings. The number of para-hydroxylation sites is 1. The highest BCUT2D eigenvalue weighted by Gasteiger charge is 2.35. The molecule has 3 unspecified atom stereocenters. The molecule has 0 aromatic heterocycles. The molecule has 4 nitrogen and oxygen atoms in total. The standard InChI is InChI=1S/C20H21BrN2O2S/c1-13-12-17(14(2)23(13)19-7-5-4-6-18(19)21)20(24)22-15-8-10-16(11-9-15)26(3)25/h4-12,14,17H,1-3H3,(H,22,24). The van der Waals surface area contributed by atoms with E-state index in [1.165, 1.54) is 0 Å². The Morgan fingerprint density at radius 3 is 2.42 bits per heavy atom. The van der Waals surface area contributed by atoms with Crippen LogP contribution in [0.4, 0.5) is 11.4 Å². The predicted octanol–water partition coefficient (Wildman–Crippen LogP) is 4.55. The van der Waals surface area contributed by atoms with Crippen molar-refractivity contribution >= 4 is 44.0 Å². The molecule has 0 saturated heterocycles. The molecule has 0 saturated carbocycles. The Morgan fingerprint density at radius 1 is 1.15 bits per heavy atom. The lowest BCUT2D eigenvalue weighted by molar-refractivity contribution is -0.118. The molecule has 3 rings (SSSR count). The molecule has 0 spiro atoms. The second-order valence-corrected chi connectivity index (χ2v) is 8.60. The first-order chi connectivity index (χ1) is 12.4. The van der Waals surface area contributed by atoms with Crippen molar-refractivity contribution in [3.05, 3.63) is 64.8 Å². The summed E-state index contributed by atoms with van der Waals surface area (Å²) in [6.45, 7) is 4.08. The molecule has 3 atom stereocenters. The number of nitrogens with zero attached hydrogens (tertiary/aromatic N) is 1. The average molecular weight is 433 g/mol. The maximum absolute atomic E-state index is 12.8. The van der Waals surface area contributed by atoms with Crippen LogP contribution in [0.2, 0.25) is 0 Å². The van der Waals surface area contributed by atoms with Crippen molar-refractivity contribution in [2.24, 2.45) is 5.92 Å². The van der Waals surface area contributed by atoms with Crippen LogP contribution in [0, 0.1) is 5.92 Å². The number of carbonyl (C=O) groups is 1. The van der Waals surface area contributed by atoms with E-state index < -0.39 is 10.8 Å². The fraction of sp³-hybridized carbons (Fsp3) is 0.250. The minimum atomic E-state index is -1.02. The van der Waals surface area contributed by atoms with Crippen LogP contribution < -0.4 is 10.2 Å². The second kappa shape index (κ2) is 7.76. The van der Waals surface area contributed by atoms with Gasteiger partial charge in [0.2, 0.25) is 5.91 Å². The van der Waals surface area contributed by atoms with E-state index in [1.54, 1.807) is 30.5 Å². The summed E-state index contributed by atoms with van der Waals surface area (Å²) >= 11 is 3.60. The topological polar surface area (TPSA) is 49.4 Å². The van der Waals surface area contributed by atoms with E-state index in [1.807, 2.05) is 37.3 Å². The highest BCUT2D eigenvalue weighted by Crippen LogP contribution is 2.37. The molecule has 0 fully saturated rings. The molecule has 1 amide bonds. The molecule has 26 heavy (non-hydrogen) atoms. The number of amides is 1. The highest BCUT2D eigenvalue weighted by molar-refractivity contribution is 9.10. The zero-order chi connectivity index (χ0) is 18.8. The largest absolute Gasteiger partial charge is 0.341 e. The molecule has 6 heteroatoms. The molecule has 0 aliphatic carbocycles. The fourth-order valence-corrected chi connectivity index (χ4v) is 4.26. The number of nitrogens with one attached hydrogen (secondary N) is 1. The Bertz CT molecular complexity index is 880. The summed E-state index contributed by atoms with van der Waals surface area (Å²) < 4.78 is 12.5. The summed E-state index contributed by atoms with van der Waals surface area (Å²) in [6.07, 6.45) is 3.65. The number of hydrogen-bond donors (Lipinski definition) is 1. The lowest BCUT2D eigenvalue weighted by Crippen LogP contribution is -2.36.